The molecule has 1 atom stereocenters. The molecular weight excluding hydrogens is 519 g/mol. The fourth-order valence-corrected chi connectivity index (χ4v) is 5.36. The smallest absolute Gasteiger partial charge is 0.417 e. The highest BCUT2D eigenvalue weighted by Gasteiger charge is 2.40. The first-order valence-corrected chi connectivity index (χ1v) is 11.6. The van der Waals surface area contributed by atoms with Crippen molar-refractivity contribution in [2.24, 2.45) is 0 Å². The van der Waals surface area contributed by atoms with Crippen molar-refractivity contribution in [2.75, 3.05) is 36.9 Å². The van der Waals surface area contributed by atoms with Crippen molar-refractivity contribution in [1.29, 1.82) is 0 Å². The highest BCUT2D eigenvalue weighted by atomic mass is 35.5. The maximum Gasteiger partial charge on any atom is 0.417 e. The van der Waals surface area contributed by atoms with Gasteiger partial charge in [0.15, 0.2) is 11.6 Å². The number of benzene rings is 2. The Morgan fingerprint density at radius 2 is 2.00 bits per heavy atom. The monoisotopic (exact) mass is 538 g/mol. The second kappa shape index (κ2) is 8.76. The third-order valence-electron chi connectivity index (χ3n) is 6.76. The van der Waals surface area contributed by atoms with Gasteiger partial charge in [0.1, 0.15) is 17.9 Å². The number of nitrogen functional groups attached to an aromatic ring is 1. The molecule has 0 aliphatic carbocycles. The van der Waals surface area contributed by atoms with E-state index in [-0.39, 0.29) is 34.5 Å². The summed E-state index contributed by atoms with van der Waals surface area (Å²) < 4.78 is 78.0. The minimum Gasteiger partial charge on any atom is -0.488 e. The Balaban J connectivity index is 1.70. The standard InChI is InChI=1S/C25H20ClF5N4O2/c1-3-18(36)34-4-5-35-12(9-34)10-37-17-8-33-23-14(24(17)35)6-15(26)19(22(23)28)13-7-16(32)21(27)11(2)20(13)25(29,30)31/h3,6-8,12H,1,4-5,9-10,32H2,2H3/t12-/m1/s1. The summed E-state index contributed by atoms with van der Waals surface area (Å²) in [6.07, 6.45) is -2.49. The second-order valence-electron chi connectivity index (χ2n) is 8.89. The number of carbonyl (C=O) groups is 1. The molecular formula is C25H20ClF5N4O2. The SMILES string of the molecule is C=CC(=O)N1CCN2c3c(cnc4c(F)c(-c5cc(N)c(F)c(C)c5C(F)(F)F)c(Cl)cc34)OC[C@H]2C1. The van der Waals surface area contributed by atoms with Gasteiger partial charge in [-0.15, -0.1) is 0 Å². The Morgan fingerprint density at radius 1 is 1.27 bits per heavy atom. The fraction of sp³-hybridized carbons (Fsp3) is 0.280. The molecule has 194 valence electrons. The summed E-state index contributed by atoms with van der Waals surface area (Å²) in [6.45, 7) is 5.79. The average molecular weight is 539 g/mol. The predicted octanol–water partition coefficient (Wildman–Crippen LogP) is 5.34. The van der Waals surface area contributed by atoms with Crippen LogP contribution in [0.3, 0.4) is 0 Å². The molecule has 2 aliphatic rings. The molecule has 1 amide bonds. The van der Waals surface area contributed by atoms with Crippen LogP contribution < -0.4 is 15.4 Å². The van der Waals surface area contributed by atoms with Crippen molar-refractivity contribution in [2.45, 2.75) is 19.1 Å². The number of ether oxygens (including phenoxy) is 1. The number of alkyl halides is 3. The zero-order chi connectivity index (χ0) is 26.8. The maximum absolute atomic E-state index is 16.0. The van der Waals surface area contributed by atoms with Gasteiger partial charge in [0.25, 0.3) is 0 Å². The molecule has 6 nitrogen and oxygen atoms in total. The van der Waals surface area contributed by atoms with Crippen LogP contribution in [0.2, 0.25) is 5.02 Å². The Hall–Kier alpha value is -3.60. The number of piperazine rings is 1. The minimum atomic E-state index is -5.01. The number of aromatic nitrogens is 1. The number of nitrogens with zero attached hydrogens (tertiary/aromatic N) is 3. The van der Waals surface area contributed by atoms with E-state index in [1.165, 1.54) is 18.3 Å². The Labute approximate surface area is 213 Å². The van der Waals surface area contributed by atoms with E-state index in [0.717, 1.165) is 13.0 Å². The molecule has 2 aliphatic heterocycles. The molecule has 12 heteroatoms. The number of anilines is 2. The molecule has 2 aromatic carbocycles. The van der Waals surface area contributed by atoms with Gasteiger partial charge >= 0.3 is 6.18 Å². The molecule has 0 spiro atoms. The van der Waals surface area contributed by atoms with Gasteiger partial charge in [-0.05, 0) is 30.7 Å². The number of halogens is 6. The molecule has 2 N–H and O–H groups in total. The van der Waals surface area contributed by atoms with E-state index in [1.807, 2.05) is 4.90 Å². The third kappa shape index (κ3) is 3.92. The summed E-state index contributed by atoms with van der Waals surface area (Å²) in [5.74, 6) is -2.21. The molecule has 3 heterocycles. The van der Waals surface area contributed by atoms with E-state index in [2.05, 4.69) is 11.6 Å². The van der Waals surface area contributed by atoms with Gasteiger partial charge in [-0.3, -0.25) is 4.79 Å². The van der Waals surface area contributed by atoms with E-state index in [1.54, 1.807) is 4.90 Å². The van der Waals surface area contributed by atoms with Gasteiger partial charge in [0, 0.05) is 36.1 Å². The van der Waals surface area contributed by atoms with E-state index < -0.39 is 45.8 Å². The highest BCUT2D eigenvalue weighted by Crippen LogP contribution is 2.48. The molecule has 1 saturated heterocycles. The first kappa shape index (κ1) is 25.1. The maximum atomic E-state index is 16.0. The first-order valence-electron chi connectivity index (χ1n) is 11.2. The van der Waals surface area contributed by atoms with Crippen molar-refractivity contribution in [3.05, 3.63) is 58.8 Å². The lowest BCUT2D eigenvalue weighted by Gasteiger charge is -2.45. The molecule has 0 unspecified atom stereocenters. The normalized spacial score (nSPS) is 17.3. The Bertz CT molecular complexity index is 1480. The van der Waals surface area contributed by atoms with E-state index in [9.17, 15) is 22.4 Å². The van der Waals surface area contributed by atoms with Crippen LogP contribution in [-0.4, -0.2) is 48.1 Å². The number of nitrogens with two attached hydrogens (primary N) is 1. The summed E-state index contributed by atoms with van der Waals surface area (Å²) >= 11 is 6.42. The van der Waals surface area contributed by atoms with Crippen molar-refractivity contribution in [3.8, 4) is 16.9 Å². The van der Waals surface area contributed by atoms with Crippen molar-refractivity contribution >= 4 is 39.8 Å². The van der Waals surface area contributed by atoms with Crippen molar-refractivity contribution in [3.63, 3.8) is 0 Å². The summed E-state index contributed by atoms with van der Waals surface area (Å²) in [5, 5.41) is -0.101. The van der Waals surface area contributed by atoms with E-state index in [0.29, 0.717) is 31.1 Å². The summed E-state index contributed by atoms with van der Waals surface area (Å²) in [6, 6.07) is 1.80. The molecule has 1 aromatic heterocycles. The van der Waals surface area contributed by atoms with Gasteiger partial charge in [-0.2, -0.15) is 13.2 Å². The predicted molar refractivity (Wildman–Crippen MR) is 130 cm³/mol. The summed E-state index contributed by atoms with van der Waals surface area (Å²) in [4.78, 5) is 19.8. The van der Waals surface area contributed by atoms with Gasteiger partial charge in [0.2, 0.25) is 5.91 Å². The molecule has 3 aromatic rings. The van der Waals surface area contributed by atoms with Crippen LogP contribution in [0.1, 0.15) is 11.1 Å². The third-order valence-corrected chi connectivity index (χ3v) is 7.06. The van der Waals surface area contributed by atoms with Crippen LogP contribution in [0.4, 0.5) is 33.3 Å². The lowest BCUT2D eigenvalue weighted by Crippen LogP contribution is -2.58. The molecule has 0 bridgehead atoms. The number of fused-ring (bicyclic) bond motifs is 5. The van der Waals surface area contributed by atoms with Crippen LogP contribution in [0, 0.1) is 18.6 Å². The molecule has 1 fully saturated rings. The van der Waals surface area contributed by atoms with Gasteiger partial charge in [0.05, 0.1) is 34.2 Å². The lowest BCUT2D eigenvalue weighted by molar-refractivity contribution is -0.137. The largest absolute Gasteiger partial charge is 0.488 e. The molecule has 0 radical (unpaired) electrons. The van der Waals surface area contributed by atoms with Gasteiger partial charge < -0.3 is 20.3 Å². The second-order valence-corrected chi connectivity index (χ2v) is 9.29. The Morgan fingerprint density at radius 3 is 2.68 bits per heavy atom. The fourth-order valence-electron chi connectivity index (χ4n) is 5.07. The summed E-state index contributed by atoms with van der Waals surface area (Å²) in [5.41, 5.74) is 1.88. The van der Waals surface area contributed by atoms with Crippen molar-refractivity contribution < 1.29 is 31.5 Å². The van der Waals surface area contributed by atoms with Crippen LogP contribution in [0.25, 0.3) is 22.0 Å². The van der Waals surface area contributed by atoms with Crippen LogP contribution >= 0.6 is 11.6 Å². The molecule has 5 rings (SSSR count). The number of hydrogen-bond donors (Lipinski definition) is 1. The van der Waals surface area contributed by atoms with Crippen LogP contribution in [0.15, 0.2) is 31.0 Å². The summed E-state index contributed by atoms with van der Waals surface area (Å²) in [7, 11) is 0. The minimum absolute atomic E-state index is 0.224. The quantitative estimate of drug-likeness (QED) is 0.271. The van der Waals surface area contributed by atoms with Crippen LogP contribution in [0.5, 0.6) is 5.75 Å². The molecule has 0 saturated carbocycles. The number of pyridine rings is 1. The molecule has 37 heavy (non-hydrogen) atoms. The number of amides is 1. The van der Waals surface area contributed by atoms with Gasteiger partial charge in [-0.1, -0.05) is 18.2 Å². The number of rotatable bonds is 2. The van der Waals surface area contributed by atoms with E-state index in [4.69, 9.17) is 22.1 Å². The zero-order valence-corrected chi connectivity index (χ0v) is 20.2. The van der Waals surface area contributed by atoms with Gasteiger partial charge in [-0.25, -0.2) is 13.8 Å². The lowest BCUT2D eigenvalue weighted by atomic mass is 9.92. The Kier molecular flexibility index (Phi) is 5.93. The average Bonchev–Trinajstić information content (AvgIpc) is 2.85. The van der Waals surface area contributed by atoms with E-state index >= 15 is 4.39 Å². The van der Waals surface area contributed by atoms with Crippen molar-refractivity contribution in [1.82, 2.24) is 9.88 Å². The highest BCUT2D eigenvalue weighted by molar-refractivity contribution is 6.34. The zero-order valence-electron chi connectivity index (χ0n) is 19.4. The topological polar surface area (TPSA) is 71.7 Å². The van der Waals surface area contributed by atoms with Crippen LogP contribution in [-0.2, 0) is 11.0 Å². The number of carbonyl (C=O) groups excluding carboxylic acids is 1. The first-order chi connectivity index (χ1) is 17.4. The number of hydrogen-bond acceptors (Lipinski definition) is 5.